The second kappa shape index (κ2) is 17.9. The Balaban J connectivity index is 4.72. The summed E-state index contributed by atoms with van der Waals surface area (Å²) in [7, 11) is -2.81. The number of carboxylic acid groups (broad SMARTS) is 1. The Hall–Kier alpha value is -2.57. The molecule has 0 saturated carbocycles. The lowest BCUT2D eigenvalue weighted by Crippen LogP contribution is -2.37. The number of carbonyl (C=O) groups is 3. The summed E-state index contributed by atoms with van der Waals surface area (Å²) in [4.78, 5) is 34.4. The molecule has 33 heavy (non-hydrogen) atoms. The summed E-state index contributed by atoms with van der Waals surface area (Å²) in [6.07, 6.45) is -0.0423. The molecule has 0 spiro atoms. The number of guanidine groups is 1. The van der Waals surface area contributed by atoms with Gasteiger partial charge in [-0.05, 0) is 12.8 Å². The van der Waals surface area contributed by atoms with Gasteiger partial charge in [0.2, 0.25) is 5.96 Å². The van der Waals surface area contributed by atoms with Crippen LogP contribution in [0.2, 0.25) is 0 Å². The average Bonchev–Trinajstić information content (AvgIpc) is 2.75. The van der Waals surface area contributed by atoms with E-state index in [4.69, 9.17) is 38.8 Å². The lowest BCUT2D eigenvalue weighted by atomic mass is 10.5. The summed E-state index contributed by atoms with van der Waals surface area (Å²) in [6.45, 7) is 3.19. The van der Waals surface area contributed by atoms with Crippen molar-refractivity contribution in [3.63, 3.8) is 0 Å². The van der Waals surface area contributed by atoms with Gasteiger partial charge in [-0.3, -0.25) is 13.8 Å². The second-order valence-corrected chi connectivity index (χ2v) is 8.10. The molecule has 0 amide bonds. The quantitative estimate of drug-likeness (QED) is 0.0977. The van der Waals surface area contributed by atoms with Crippen LogP contribution in [0.5, 0.6) is 0 Å². The summed E-state index contributed by atoms with van der Waals surface area (Å²) >= 11 is 0. The monoisotopic (exact) mass is 499 g/mol. The molecular weight excluding hydrogens is 465 g/mol. The molecule has 3 N–H and O–H groups in total. The molecule has 0 rings (SSSR count). The largest absolute Gasteiger partial charge is 0.508 e. The van der Waals surface area contributed by atoms with Gasteiger partial charge in [-0.15, -0.1) is 4.76 Å². The van der Waals surface area contributed by atoms with Crippen molar-refractivity contribution in [2.45, 2.75) is 39.5 Å². The minimum absolute atomic E-state index is 0.0611. The Morgan fingerprint density at radius 1 is 0.848 bits per heavy atom. The smallest absolute Gasteiger partial charge is 0.480 e. The van der Waals surface area contributed by atoms with Crippen LogP contribution in [0.3, 0.4) is 0 Å². The van der Waals surface area contributed by atoms with E-state index in [0.717, 1.165) is 4.90 Å². The number of ether oxygens (including phenoxy) is 4. The van der Waals surface area contributed by atoms with Crippen molar-refractivity contribution in [1.82, 2.24) is 4.90 Å². The summed E-state index contributed by atoms with van der Waals surface area (Å²) in [5, 5.41) is 8.84. The molecule has 0 aliphatic rings. The van der Waals surface area contributed by atoms with E-state index >= 15 is 0 Å². The molecule has 0 heterocycles. The molecule has 0 radical (unpaired) electrons. The van der Waals surface area contributed by atoms with E-state index in [0.29, 0.717) is 12.8 Å². The van der Waals surface area contributed by atoms with Crippen molar-refractivity contribution in [3.8, 4) is 0 Å². The maximum Gasteiger partial charge on any atom is 0.508 e. The first-order chi connectivity index (χ1) is 15.6. The summed E-state index contributed by atoms with van der Waals surface area (Å²) in [5.41, 5.74) is 5.69. The highest BCUT2D eigenvalue weighted by Crippen LogP contribution is 2.50. The van der Waals surface area contributed by atoms with Gasteiger partial charge in [-0.1, -0.05) is 13.8 Å². The van der Waals surface area contributed by atoms with Gasteiger partial charge in [0.1, 0.15) is 6.54 Å². The van der Waals surface area contributed by atoms with Crippen LogP contribution in [0.25, 0.3) is 0 Å². The predicted molar refractivity (Wildman–Crippen MR) is 116 cm³/mol. The third-order valence-corrected chi connectivity index (χ3v) is 4.83. The normalized spacial score (nSPS) is 11.5. The highest BCUT2D eigenvalue weighted by atomic mass is 31.2. The lowest BCUT2D eigenvalue weighted by Gasteiger charge is -2.19. The SMILES string of the molecule is CCCOC(=O)OCCCOP(=O)(/N=C(\N)N(C)CC(=O)O)OCCCOC(=O)OCCC. The molecule has 0 bridgehead atoms. The maximum atomic E-state index is 12.9. The molecule has 0 unspecified atom stereocenters. The fourth-order valence-corrected chi connectivity index (χ4v) is 3.14. The first kappa shape index (κ1) is 30.4. The van der Waals surface area contributed by atoms with E-state index < -0.39 is 32.6 Å². The summed E-state index contributed by atoms with van der Waals surface area (Å²) in [6, 6.07) is 0. The third-order valence-electron chi connectivity index (χ3n) is 3.36. The third kappa shape index (κ3) is 16.7. The van der Waals surface area contributed by atoms with Crippen molar-refractivity contribution < 1.29 is 52.1 Å². The van der Waals surface area contributed by atoms with Gasteiger partial charge in [0, 0.05) is 19.9 Å². The number of hydrogen-bond donors (Lipinski definition) is 2. The Bertz CT molecular complexity index is 641. The molecule has 0 fully saturated rings. The van der Waals surface area contributed by atoms with E-state index in [9.17, 15) is 18.9 Å². The minimum Gasteiger partial charge on any atom is -0.480 e. The molecule has 0 atom stereocenters. The van der Waals surface area contributed by atoms with Gasteiger partial charge in [-0.2, -0.15) is 0 Å². The second-order valence-electron chi connectivity index (χ2n) is 6.44. The Morgan fingerprint density at radius 3 is 1.67 bits per heavy atom. The number of carboxylic acids is 1. The van der Waals surface area contributed by atoms with Gasteiger partial charge in [0.25, 0.3) is 0 Å². The number of carbonyl (C=O) groups excluding carboxylic acids is 2. The number of likely N-dealkylation sites (N-methyl/N-ethyl adjacent to an activating group) is 1. The van der Waals surface area contributed by atoms with E-state index in [1.807, 2.05) is 13.8 Å². The van der Waals surface area contributed by atoms with Gasteiger partial charge in [0.05, 0.1) is 39.6 Å². The minimum atomic E-state index is -4.15. The standard InChI is InChI=1S/C18H34N3O11P/c1-4-8-27-17(24)29-10-6-12-31-33(26,20-16(19)21(3)14-15(22)23)32-13-7-11-30-18(25)28-9-5-2/h4-14H2,1-3H3,(H,22,23)(H2,19,20,26). The molecule has 0 aromatic rings. The predicted octanol–water partition coefficient (Wildman–Crippen LogP) is 2.37. The van der Waals surface area contributed by atoms with E-state index in [2.05, 4.69) is 4.76 Å². The van der Waals surface area contributed by atoms with Crippen LogP contribution in [-0.4, -0.2) is 87.5 Å². The van der Waals surface area contributed by atoms with E-state index in [1.54, 1.807) is 0 Å². The molecule has 192 valence electrons. The molecule has 0 aliphatic heterocycles. The molecule has 15 heteroatoms. The van der Waals surface area contributed by atoms with Crippen LogP contribution in [0, 0.1) is 0 Å². The zero-order chi connectivity index (χ0) is 25.1. The Labute approximate surface area is 192 Å². The number of aliphatic carboxylic acids is 1. The van der Waals surface area contributed by atoms with Gasteiger partial charge in [-0.25, -0.2) is 14.2 Å². The Kier molecular flexibility index (Phi) is 16.5. The molecule has 0 aliphatic carbocycles. The van der Waals surface area contributed by atoms with Crippen molar-refractivity contribution in [2.24, 2.45) is 10.5 Å². The first-order valence-electron chi connectivity index (χ1n) is 10.4. The number of hydrogen-bond acceptors (Lipinski definition) is 10. The topological polar surface area (TPSA) is 186 Å². The van der Waals surface area contributed by atoms with Gasteiger partial charge >= 0.3 is 26.0 Å². The van der Waals surface area contributed by atoms with Crippen LogP contribution >= 0.6 is 7.75 Å². The number of nitrogens with two attached hydrogens (primary N) is 1. The average molecular weight is 499 g/mol. The molecule has 14 nitrogen and oxygen atoms in total. The fourth-order valence-electron chi connectivity index (χ4n) is 1.82. The number of nitrogens with zero attached hydrogens (tertiary/aromatic N) is 2. The zero-order valence-corrected chi connectivity index (χ0v) is 20.1. The van der Waals surface area contributed by atoms with Crippen molar-refractivity contribution in [2.75, 3.05) is 53.2 Å². The summed E-state index contributed by atoms with van der Waals surface area (Å²) in [5.74, 6) is -1.55. The van der Waals surface area contributed by atoms with Crippen LogP contribution in [0.4, 0.5) is 9.59 Å². The summed E-state index contributed by atoms with van der Waals surface area (Å²) < 4.78 is 46.2. The van der Waals surface area contributed by atoms with Gasteiger partial charge < -0.3 is 34.7 Å². The zero-order valence-electron chi connectivity index (χ0n) is 19.2. The van der Waals surface area contributed by atoms with Crippen LogP contribution in [-0.2, 0) is 37.4 Å². The highest BCUT2D eigenvalue weighted by Gasteiger charge is 2.26. The molecular formula is C18H34N3O11P. The van der Waals surface area contributed by atoms with Crippen molar-refractivity contribution in [1.29, 1.82) is 0 Å². The van der Waals surface area contributed by atoms with Crippen LogP contribution in [0.15, 0.2) is 4.76 Å². The molecule has 0 saturated heterocycles. The van der Waals surface area contributed by atoms with Crippen molar-refractivity contribution >= 4 is 32.0 Å². The van der Waals surface area contributed by atoms with Crippen LogP contribution < -0.4 is 5.73 Å². The van der Waals surface area contributed by atoms with Crippen LogP contribution in [0.1, 0.15) is 39.5 Å². The molecule has 0 aromatic heterocycles. The Morgan fingerprint density at radius 2 is 1.27 bits per heavy atom. The van der Waals surface area contributed by atoms with E-state index in [-0.39, 0.29) is 58.4 Å². The lowest BCUT2D eigenvalue weighted by molar-refractivity contribution is -0.137. The first-order valence-corrected chi connectivity index (χ1v) is 11.9. The van der Waals surface area contributed by atoms with Gasteiger partial charge in [0.15, 0.2) is 0 Å². The highest BCUT2D eigenvalue weighted by molar-refractivity contribution is 7.52. The fraction of sp³-hybridized carbons (Fsp3) is 0.778. The van der Waals surface area contributed by atoms with Crippen molar-refractivity contribution in [3.05, 3.63) is 0 Å². The van der Waals surface area contributed by atoms with E-state index in [1.165, 1.54) is 7.05 Å². The maximum absolute atomic E-state index is 12.9. The number of rotatable bonds is 17. The molecule has 0 aromatic carbocycles.